The van der Waals surface area contributed by atoms with E-state index in [1.54, 1.807) is 11.7 Å². The monoisotopic (exact) mass is 236 g/mol. The highest BCUT2D eigenvalue weighted by molar-refractivity contribution is 5.38. The first kappa shape index (κ1) is 11.5. The minimum atomic E-state index is -0.129. The first-order valence-electron chi connectivity index (χ1n) is 5.30. The zero-order chi connectivity index (χ0) is 12.6. The van der Waals surface area contributed by atoms with Gasteiger partial charge in [-0.3, -0.25) is 0 Å². The molecule has 0 unspecified atom stereocenters. The molecule has 8 heteroatoms. The number of nitrogens with zero attached hydrogens (tertiary/aromatic N) is 7. The van der Waals surface area contributed by atoms with Gasteiger partial charge < -0.3 is 5.73 Å². The van der Waals surface area contributed by atoms with Crippen LogP contribution in [0.15, 0.2) is 0 Å². The smallest absolute Gasteiger partial charge is 0.196 e. The number of aryl methyl sites for hydroxylation is 1. The lowest BCUT2D eigenvalue weighted by Gasteiger charge is -2.19. The number of nitrogen functional groups attached to an aromatic ring is 1. The molecule has 2 aromatic rings. The lowest BCUT2D eigenvalue weighted by atomic mass is 9.92. The molecule has 2 N–H and O–H groups in total. The van der Waals surface area contributed by atoms with Crippen LogP contribution in [0.3, 0.4) is 0 Å². The second-order valence-corrected chi connectivity index (χ2v) is 4.93. The number of anilines is 1. The summed E-state index contributed by atoms with van der Waals surface area (Å²) in [6.07, 6.45) is 0. The zero-order valence-electron chi connectivity index (χ0n) is 10.4. The fourth-order valence-corrected chi connectivity index (χ4v) is 1.73. The first-order chi connectivity index (χ1) is 7.88. The first-order valence-corrected chi connectivity index (χ1v) is 5.30. The van der Waals surface area contributed by atoms with Crippen molar-refractivity contribution >= 4 is 5.82 Å². The van der Waals surface area contributed by atoms with Crippen molar-refractivity contribution in [1.29, 1.82) is 0 Å². The van der Waals surface area contributed by atoms with Gasteiger partial charge in [0.05, 0.1) is 12.7 Å². The number of hydrogen-bond acceptors (Lipinski definition) is 6. The van der Waals surface area contributed by atoms with Crippen molar-refractivity contribution < 1.29 is 0 Å². The number of rotatable bonds is 2. The van der Waals surface area contributed by atoms with E-state index in [9.17, 15) is 0 Å². The predicted molar refractivity (Wildman–Crippen MR) is 61.0 cm³/mol. The Balaban J connectivity index is 2.34. The molecule has 2 rings (SSSR count). The summed E-state index contributed by atoms with van der Waals surface area (Å²) in [7, 11) is 1.72. The van der Waals surface area contributed by atoms with Gasteiger partial charge in [-0.15, -0.1) is 15.3 Å². The topological polar surface area (TPSA) is 100 Å². The van der Waals surface area contributed by atoms with Gasteiger partial charge in [0.1, 0.15) is 6.54 Å². The summed E-state index contributed by atoms with van der Waals surface area (Å²) in [5, 5.41) is 19.7. The normalized spacial score (nSPS) is 12.0. The summed E-state index contributed by atoms with van der Waals surface area (Å²) in [4.78, 5) is 1.41. The number of tetrazole rings is 1. The van der Waals surface area contributed by atoms with Crippen LogP contribution in [0.1, 0.15) is 32.3 Å². The molecule has 0 radical (unpaired) electrons. The molecule has 0 amide bonds. The lowest BCUT2D eigenvalue weighted by Crippen LogP contribution is -2.21. The van der Waals surface area contributed by atoms with Gasteiger partial charge in [0.25, 0.3) is 0 Å². The summed E-state index contributed by atoms with van der Waals surface area (Å²) in [5.74, 6) is 1.03. The third-order valence-corrected chi connectivity index (χ3v) is 2.31. The molecule has 8 nitrogen and oxygen atoms in total. The van der Waals surface area contributed by atoms with Crippen LogP contribution in [-0.4, -0.2) is 35.2 Å². The molecule has 2 heterocycles. The van der Waals surface area contributed by atoms with E-state index < -0.39 is 0 Å². The van der Waals surface area contributed by atoms with Crippen LogP contribution in [-0.2, 0) is 19.0 Å². The number of nitrogens with two attached hydrogens (primary N) is 1. The van der Waals surface area contributed by atoms with Crippen molar-refractivity contribution in [2.24, 2.45) is 7.05 Å². The molecule has 17 heavy (non-hydrogen) atoms. The Bertz CT molecular complexity index is 517. The average Bonchev–Trinajstić information content (AvgIpc) is 2.73. The van der Waals surface area contributed by atoms with Crippen molar-refractivity contribution in [2.45, 2.75) is 32.7 Å². The van der Waals surface area contributed by atoms with E-state index in [2.05, 4.69) is 46.5 Å². The Morgan fingerprint density at radius 1 is 1.18 bits per heavy atom. The van der Waals surface area contributed by atoms with Gasteiger partial charge in [-0.2, -0.15) is 4.80 Å². The molecule has 0 aromatic carbocycles. The Morgan fingerprint density at radius 3 is 2.41 bits per heavy atom. The summed E-state index contributed by atoms with van der Waals surface area (Å²) in [5.41, 5.74) is 6.58. The van der Waals surface area contributed by atoms with Gasteiger partial charge in [0.2, 0.25) is 0 Å². The summed E-state index contributed by atoms with van der Waals surface area (Å²) >= 11 is 0. The van der Waals surface area contributed by atoms with Gasteiger partial charge in [0.15, 0.2) is 11.6 Å². The zero-order valence-corrected chi connectivity index (χ0v) is 10.4. The summed E-state index contributed by atoms with van der Waals surface area (Å²) < 4.78 is 1.71. The molecule has 0 aliphatic rings. The standard InChI is InChI=1S/C9H16N8/c1-9(2,3)7-8(10)12-15-17(7)5-6-11-14-16(4)13-6/h5,10H2,1-4H3. The quantitative estimate of drug-likeness (QED) is 0.770. The van der Waals surface area contributed by atoms with Crippen molar-refractivity contribution in [3.8, 4) is 0 Å². The van der Waals surface area contributed by atoms with Crippen molar-refractivity contribution in [1.82, 2.24) is 35.2 Å². The van der Waals surface area contributed by atoms with Crippen LogP contribution in [0.2, 0.25) is 0 Å². The Hall–Kier alpha value is -1.99. The minimum absolute atomic E-state index is 0.129. The maximum atomic E-state index is 5.83. The summed E-state index contributed by atoms with van der Waals surface area (Å²) in [6.45, 7) is 6.60. The number of hydrogen-bond donors (Lipinski definition) is 1. The second-order valence-electron chi connectivity index (χ2n) is 4.93. The maximum absolute atomic E-state index is 5.83. The molecular formula is C9H16N8. The van der Waals surface area contributed by atoms with Crippen LogP contribution < -0.4 is 5.73 Å². The highest BCUT2D eigenvalue weighted by Gasteiger charge is 2.24. The molecule has 0 aliphatic carbocycles. The average molecular weight is 236 g/mol. The van der Waals surface area contributed by atoms with Gasteiger partial charge in [-0.1, -0.05) is 26.0 Å². The van der Waals surface area contributed by atoms with Crippen LogP contribution in [0.4, 0.5) is 5.82 Å². The fraction of sp³-hybridized carbons (Fsp3) is 0.667. The molecule has 2 aromatic heterocycles. The van der Waals surface area contributed by atoms with Crippen molar-refractivity contribution in [2.75, 3.05) is 5.73 Å². The molecule has 0 spiro atoms. The SMILES string of the molecule is Cn1nnc(Cn2nnc(N)c2C(C)(C)C)n1. The molecular weight excluding hydrogens is 220 g/mol. The van der Waals surface area contributed by atoms with E-state index in [1.807, 2.05) is 0 Å². The van der Waals surface area contributed by atoms with Crippen LogP contribution in [0, 0.1) is 0 Å². The van der Waals surface area contributed by atoms with E-state index in [1.165, 1.54) is 4.80 Å². The second kappa shape index (κ2) is 3.79. The van der Waals surface area contributed by atoms with E-state index >= 15 is 0 Å². The van der Waals surface area contributed by atoms with Gasteiger partial charge in [0, 0.05) is 5.41 Å². The lowest BCUT2D eigenvalue weighted by molar-refractivity contribution is 0.495. The highest BCUT2D eigenvalue weighted by Crippen LogP contribution is 2.26. The largest absolute Gasteiger partial charge is 0.381 e. The Labute approximate surface area is 98.8 Å². The molecule has 0 atom stereocenters. The van der Waals surface area contributed by atoms with Crippen LogP contribution in [0.5, 0.6) is 0 Å². The van der Waals surface area contributed by atoms with E-state index in [0.717, 1.165) is 5.69 Å². The van der Waals surface area contributed by atoms with E-state index in [-0.39, 0.29) is 5.41 Å². The molecule has 92 valence electrons. The van der Waals surface area contributed by atoms with Crippen LogP contribution in [0.25, 0.3) is 0 Å². The van der Waals surface area contributed by atoms with Crippen molar-refractivity contribution in [3.05, 3.63) is 11.5 Å². The molecule has 0 saturated heterocycles. The fourth-order valence-electron chi connectivity index (χ4n) is 1.73. The molecule has 0 aliphatic heterocycles. The molecule has 0 saturated carbocycles. The summed E-state index contributed by atoms with van der Waals surface area (Å²) in [6, 6.07) is 0. The molecule has 0 bridgehead atoms. The van der Waals surface area contributed by atoms with E-state index in [0.29, 0.717) is 18.2 Å². The third kappa shape index (κ3) is 2.24. The Kier molecular flexibility index (Phi) is 2.56. The predicted octanol–water partition coefficient (Wildman–Crippen LogP) is -0.270. The molecule has 0 fully saturated rings. The van der Waals surface area contributed by atoms with Gasteiger partial charge in [-0.25, -0.2) is 4.68 Å². The number of aromatic nitrogens is 7. The Morgan fingerprint density at radius 2 is 1.88 bits per heavy atom. The van der Waals surface area contributed by atoms with E-state index in [4.69, 9.17) is 5.73 Å². The van der Waals surface area contributed by atoms with Crippen LogP contribution >= 0.6 is 0 Å². The van der Waals surface area contributed by atoms with Crippen molar-refractivity contribution in [3.63, 3.8) is 0 Å². The maximum Gasteiger partial charge on any atom is 0.196 e. The highest BCUT2D eigenvalue weighted by atomic mass is 15.6. The van der Waals surface area contributed by atoms with Gasteiger partial charge >= 0.3 is 0 Å². The third-order valence-electron chi connectivity index (χ3n) is 2.31. The van der Waals surface area contributed by atoms with Gasteiger partial charge in [-0.05, 0) is 5.21 Å². The minimum Gasteiger partial charge on any atom is -0.381 e.